The first-order valence-corrected chi connectivity index (χ1v) is 17.6. The smallest absolute Gasteiger partial charge is 0.149 e. The largest absolute Gasteiger partial charge is 0.455 e. The van der Waals surface area contributed by atoms with Gasteiger partial charge in [0.2, 0.25) is 0 Å². The van der Waals surface area contributed by atoms with E-state index in [1.165, 1.54) is 11.1 Å². The van der Waals surface area contributed by atoms with Crippen LogP contribution in [0, 0.1) is 0 Å². The van der Waals surface area contributed by atoms with Crippen LogP contribution in [0.1, 0.15) is 0 Å². The maximum absolute atomic E-state index is 6.62. The van der Waals surface area contributed by atoms with Gasteiger partial charge in [0.05, 0.1) is 22.3 Å². The molecule has 0 fully saturated rings. The summed E-state index contributed by atoms with van der Waals surface area (Å²) in [5.74, 6) is 0.834. The Bertz CT molecular complexity index is 2810. The molecule has 3 nitrogen and oxygen atoms in total. The first-order chi connectivity index (χ1) is 25.8. The molecule has 0 radical (unpaired) electrons. The summed E-state index contributed by atoms with van der Waals surface area (Å²) in [4.78, 5) is 5.37. The molecule has 0 atom stereocenters. The quantitative estimate of drug-likeness (QED) is 0.177. The molecule has 0 spiro atoms. The Morgan fingerprint density at radius 3 is 1.58 bits per heavy atom. The molecule has 0 amide bonds. The standard InChI is InChI=1S/C49H32N2O/c1-4-15-33(16-5-1)34-27-29-35(30-28-34)38-31-42(36-17-6-2-7-18-36)47(43(32-38)37-19-8-3-9-20-37)51-45-25-12-11-24-44(45)50-49(51)41-23-14-22-40-39-21-10-13-26-46(39)52-48(40)41/h1-32H. The van der Waals surface area contributed by atoms with Crippen molar-refractivity contribution >= 4 is 33.0 Å². The monoisotopic (exact) mass is 664 g/mol. The zero-order chi connectivity index (χ0) is 34.4. The van der Waals surface area contributed by atoms with Crippen molar-refractivity contribution in [2.45, 2.75) is 0 Å². The van der Waals surface area contributed by atoms with Gasteiger partial charge in [-0.05, 0) is 69.8 Å². The number of hydrogen-bond acceptors (Lipinski definition) is 2. The molecule has 2 aromatic heterocycles. The van der Waals surface area contributed by atoms with E-state index in [2.05, 4.69) is 187 Å². The van der Waals surface area contributed by atoms with E-state index in [-0.39, 0.29) is 0 Å². The molecule has 2 heterocycles. The molecule has 8 aromatic carbocycles. The van der Waals surface area contributed by atoms with Crippen LogP contribution in [-0.2, 0) is 0 Å². The Labute approximate surface area is 301 Å². The van der Waals surface area contributed by atoms with E-state index in [1.54, 1.807) is 0 Å². The van der Waals surface area contributed by atoms with Crippen molar-refractivity contribution in [2.24, 2.45) is 0 Å². The van der Waals surface area contributed by atoms with Crippen LogP contribution >= 0.6 is 0 Å². The lowest BCUT2D eigenvalue weighted by Crippen LogP contribution is -2.04. The number of benzene rings is 8. The van der Waals surface area contributed by atoms with E-state index >= 15 is 0 Å². The van der Waals surface area contributed by atoms with Crippen LogP contribution in [0.4, 0.5) is 0 Å². The lowest BCUT2D eigenvalue weighted by Gasteiger charge is -2.22. The van der Waals surface area contributed by atoms with Crippen LogP contribution in [0.3, 0.4) is 0 Å². The Morgan fingerprint density at radius 2 is 0.904 bits per heavy atom. The lowest BCUT2D eigenvalue weighted by molar-refractivity contribution is 0.669. The molecule has 3 heteroatoms. The topological polar surface area (TPSA) is 31.0 Å². The highest BCUT2D eigenvalue weighted by Crippen LogP contribution is 2.45. The molecular formula is C49H32N2O. The molecule has 0 unspecified atom stereocenters. The van der Waals surface area contributed by atoms with Crippen molar-refractivity contribution in [2.75, 3.05) is 0 Å². The van der Waals surface area contributed by atoms with Crippen molar-refractivity contribution in [1.82, 2.24) is 9.55 Å². The van der Waals surface area contributed by atoms with Gasteiger partial charge in [0.1, 0.15) is 17.0 Å². The normalized spacial score (nSPS) is 11.5. The molecule has 0 saturated carbocycles. The van der Waals surface area contributed by atoms with Gasteiger partial charge >= 0.3 is 0 Å². The van der Waals surface area contributed by atoms with Gasteiger partial charge in [-0.15, -0.1) is 0 Å². The fourth-order valence-electron chi connectivity index (χ4n) is 7.56. The van der Waals surface area contributed by atoms with Crippen LogP contribution in [0.15, 0.2) is 199 Å². The molecule has 0 aliphatic rings. The summed E-state index contributed by atoms with van der Waals surface area (Å²) in [5.41, 5.74) is 14.9. The number of nitrogens with zero attached hydrogens (tertiary/aromatic N) is 2. The minimum absolute atomic E-state index is 0.831. The van der Waals surface area contributed by atoms with Gasteiger partial charge in [-0.3, -0.25) is 4.57 Å². The van der Waals surface area contributed by atoms with E-state index < -0.39 is 0 Å². The number of fused-ring (bicyclic) bond motifs is 4. The van der Waals surface area contributed by atoms with Crippen LogP contribution < -0.4 is 0 Å². The molecule has 0 bridgehead atoms. The van der Waals surface area contributed by atoms with Gasteiger partial charge < -0.3 is 4.42 Å². The summed E-state index contributed by atoms with van der Waals surface area (Å²) in [5, 5.41) is 2.17. The lowest BCUT2D eigenvalue weighted by atomic mass is 9.90. The summed E-state index contributed by atoms with van der Waals surface area (Å²) in [6, 6.07) is 68.6. The van der Waals surface area contributed by atoms with Gasteiger partial charge in [-0.1, -0.05) is 158 Å². The first kappa shape index (κ1) is 29.9. The Balaban J connectivity index is 1.29. The van der Waals surface area contributed by atoms with E-state index in [1.807, 2.05) is 12.1 Å². The number of hydrogen-bond donors (Lipinski definition) is 0. The second-order valence-electron chi connectivity index (χ2n) is 13.1. The molecular weight excluding hydrogens is 633 g/mol. The first-order valence-electron chi connectivity index (χ1n) is 17.6. The molecule has 10 rings (SSSR count). The van der Waals surface area contributed by atoms with Crippen LogP contribution in [0.5, 0.6) is 0 Å². The molecule has 244 valence electrons. The summed E-state index contributed by atoms with van der Waals surface area (Å²) in [7, 11) is 0. The zero-order valence-electron chi connectivity index (χ0n) is 28.3. The van der Waals surface area contributed by atoms with Gasteiger partial charge in [-0.2, -0.15) is 0 Å². The van der Waals surface area contributed by atoms with E-state index in [0.29, 0.717) is 0 Å². The van der Waals surface area contributed by atoms with Crippen molar-refractivity contribution in [1.29, 1.82) is 0 Å². The van der Waals surface area contributed by atoms with Crippen LogP contribution in [0.2, 0.25) is 0 Å². The maximum Gasteiger partial charge on any atom is 0.149 e. The predicted octanol–water partition coefficient (Wildman–Crippen LogP) is 13.3. The minimum Gasteiger partial charge on any atom is -0.455 e. The summed E-state index contributed by atoms with van der Waals surface area (Å²) < 4.78 is 8.97. The molecule has 0 aliphatic carbocycles. The molecule has 0 saturated heterocycles. The highest BCUT2D eigenvalue weighted by molar-refractivity contribution is 6.10. The summed E-state index contributed by atoms with van der Waals surface area (Å²) >= 11 is 0. The van der Waals surface area contributed by atoms with Gasteiger partial charge in [0.15, 0.2) is 0 Å². The SMILES string of the molecule is c1ccc(-c2ccc(-c3cc(-c4ccccc4)c(-n4c(-c5cccc6c5oc5ccccc56)nc5ccccc54)c(-c4ccccc4)c3)cc2)cc1. The van der Waals surface area contributed by atoms with Crippen molar-refractivity contribution in [3.63, 3.8) is 0 Å². The van der Waals surface area contributed by atoms with Crippen molar-refractivity contribution in [3.05, 3.63) is 194 Å². The Kier molecular flexibility index (Phi) is 7.14. The van der Waals surface area contributed by atoms with Gasteiger partial charge in [0.25, 0.3) is 0 Å². The number of rotatable bonds is 6. The highest BCUT2D eigenvalue weighted by Gasteiger charge is 2.25. The molecule has 0 aliphatic heterocycles. The zero-order valence-corrected chi connectivity index (χ0v) is 28.3. The number of aromatic nitrogens is 2. The maximum atomic E-state index is 6.62. The molecule has 10 aromatic rings. The fourth-order valence-corrected chi connectivity index (χ4v) is 7.56. The third-order valence-electron chi connectivity index (χ3n) is 10.0. The third kappa shape index (κ3) is 5.02. The summed E-state index contributed by atoms with van der Waals surface area (Å²) in [6.07, 6.45) is 0. The number of para-hydroxylation sites is 4. The number of furan rings is 1. The van der Waals surface area contributed by atoms with Crippen LogP contribution in [0.25, 0.3) is 94.6 Å². The average molecular weight is 665 g/mol. The van der Waals surface area contributed by atoms with Crippen molar-refractivity contribution < 1.29 is 4.42 Å². The molecule has 0 N–H and O–H groups in total. The Morgan fingerprint density at radius 1 is 0.385 bits per heavy atom. The van der Waals surface area contributed by atoms with E-state index in [0.717, 1.165) is 83.4 Å². The average Bonchev–Trinajstić information content (AvgIpc) is 3.80. The van der Waals surface area contributed by atoms with Crippen molar-refractivity contribution in [3.8, 4) is 61.6 Å². The third-order valence-corrected chi connectivity index (χ3v) is 10.0. The van der Waals surface area contributed by atoms with Crippen LogP contribution in [-0.4, -0.2) is 9.55 Å². The number of imidazole rings is 1. The Hall–Kier alpha value is -6.97. The minimum atomic E-state index is 0.831. The molecule has 52 heavy (non-hydrogen) atoms. The van der Waals surface area contributed by atoms with Gasteiger partial charge in [-0.25, -0.2) is 4.98 Å². The predicted molar refractivity (Wildman–Crippen MR) is 216 cm³/mol. The van der Waals surface area contributed by atoms with E-state index in [4.69, 9.17) is 9.40 Å². The fraction of sp³-hybridized carbons (Fsp3) is 0. The van der Waals surface area contributed by atoms with E-state index in [9.17, 15) is 0 Å². The summed E-state index contributed by atoms with van der Waals surface area (Å²) in [6.45, 7) is 0. The second-order valence-corrected chi connectivity index (χ2v) is 13.1. The van der Waals surface area contributed by atoms with Gasteiger partial charge in [0, 0.05) is 21.9 Å². The highest BCUT2D eigenvalue weighted by atomic mass is 16.3. The second kappa shape index (κ2) is 12.4.